The highest BCUT2D eigenvalue weighted by atomic mass is 32.2. The van der Waals surface area contributed by atoms with Crippen molar-refractivity contribution in [3.8, 4) is 0 Å². The van der Waals surface area contributed by atoms with Gasteiger partial charge in [-0.25, -0.2) is 13.9 Å². The van der Waals surface area contributed by atoms with E-state index in [9.17, 15) is 13.2 Å². The Balaban J connectivity index is 1.51. The predicted molar refractivity (Wildman–Crippen MR) is 116 cm³/mol. The van der Waals surface area contributed by atoms with Crippen molar-refractivity contribution in [1.82, 2.24) is 5.48 Å². The van der Waals surface area contributed by atoms with Gasteiger partial charge in [-0.15, -0.1) is 11.3 Å². The second-order valence-electron chi connectivity index (χ2n) is 6.61. The van der Waals surface area contributed by atoms with Crippen LogP contribution in [0.2, 0.25) is 0 Å². The van der Waals surface area contributed by atoms with E-state index < -0.39 is 15.9 Å². The molecule has 0 unspecified atom stereocenters. The Morgan fingerprint density at radius 3 is 2.59 bits per heavy atom. The van der Waals surface area contributed by atoms with Crippen molar-refractivity contribution in [2.45, 2.75) is 6.42 Å². The van der Waals surface area contributed by atoms with Crippen LogP contribution in [0, 0.1) is 0 Å². The summed E-state index contributed by atoms with van der Waals surface area (Å²) in [5.41, 5.74) is 3.03. The average molecular weight is 427 g/mol. The van der Waals surface area contributed by atoms with Crippen molar-refractivity contribution in [3.63, 3.8) is 0 Å². The molecule has 0 saturated carbocycles. The fraction of sp³-hybridized carbons (Fsp3) is 0.0952. The van der Waals surface area contributed by atoms with Crippen molar-refractivity contribution >= 4 is 53.8 Å². The van der Waals surface area contributed by atoms with Crippen molar-refractivity contribution in [2.24, 2.45) is 0 Å². The molecule has 29 heavy (non-hydrogen) atoms. The van der Waals surface area contributed by atoms with E-state index in [0.717, 1.165) is 26.4 Å². The van der Waals surface area contributed by atoms with Gasteiger partial charge in [-0.1, -0.05) is 48.5 Å². The van der Waals surface area contributed by atoms with Gasteiger partial charge in [-0.05, 0) is 46.3 Å². The normalized spacial score (nSPS) is 11.6. The van der Waals surface area contributed by atoms with E-state index in [1.54, 1.807) is 29.7 Å². The van der Waals surface area contributed by atoms with Gasteiger partial charge in [-0.3, -0.25) is 14.7 Å². The minimum absolute atomic E-state index is 0.0400. The molecular weight excluding hydrogens is 408 g/mol. The van der Waals surface area contributed by atoms with Crippen molar-refractivity contribution < 1.29 is 18.4 Å². The van der Waals surface area contributed by atoms with Gasteiger partial charge in [-0.2, -0.15) is 0 Å². The lowest BCUT2D eigenvalue weighted by molar-refractivity contribution is 0.0711. The Hall–Kier alpha value is -2.94. The van der Waals surface area contributed by atoms with Crippen LogP contribution < -0.4 is 10.2 Å². The quantitative estimate of drug-likeness (QED) is 0.319. The number of fused-ring (bicyclic) bond motifs is 2. The highest BCUT2D eigenvalue weighted by Crippen LogP contribution is 2.29. The average Bonchev–Trinajstić information content (AvgIpc) is 3.15. The molecule has 1 aromatic heterocycles. The van der Waals surface area contributed by atoms with Crippen LogP contribution in [-0.2, 0) is 16.4 Å². The molecule has 0 fully saturated rings. The van der Waals surface area contributed by atoms with Gasteiger partial charge in [0.15, 0.2) is 0 Å². The van der Waals surface area contributed by atoms with Crippen LogP contribution in [0.4, 0.5) is 5.69 Å². The first kappa shape index (κ1) is 19.4. The summed E-state index contributed by atoms with van der Waals surface area (Å²) in [4.78, 5) is 11.9. The highest BCUT2D eigenvalue weighted by Gasteiger charge is 2.14. The molecule has 148 valence electrons. The topological polar surface area (TPSA) is 95.5 Å². The summed E-state index contributed by atoms with van der Waals surface area (Å²) in [6.07, 6.45) is 0.402. The number of carbonyl (C=O) groups excluding carboxylic acids is 1. The summed E-state index contributed by atoms with van der Waals surface area (Å²) in [6.45, 7) is 0. The Labute approximate surface area is 171 Å². The molecule has 0 aliphatic rings. The first-order valence-electron chi connectivity index (χ1n) is 8.90. The van der Waals surface area contributed by atoms with E-state index in [1.165, 1.54) is 11.3 Å². The molecular formula is C21H18N2O4S2. The second kappa shape index (κ2) is 7.82. The zero-order chi connectivity index (χ0) is 20.4. The molecule has 0 atom stereocenters. The monoisotopic (exact) mass is 426 g/mol. The molecule has 0 radical (unpaired) electrons. The lowest BCUT2D eigenvalue weighted by Crippen LogP contribution is -2.18. The summed E-state index contributed by atoms with van der Waals surface area (Å²) in [6, 6.07) is 20.5. The Bertz CT molecular complexity index is 1310. The number of hydroxylamine groups is 1. The SMILES string of the molecule is O=C(NO)c1cc2ccc(NS(=O)(=O)CCc3cccc4ccccc34)cc2s1. The van der Waals surface area contributed by atoms with Gasteiger partial charge < -0.3 is 0 Å². The summed E-state index contributed by atoms with van der Waals surface area (Å²) < 4.78 is 28.6. The number of carbonyl (C=O) groups is 1. The maximum atomic E-state index is 12.6. The molecule has 8 heteroatoms. The standard InChI is InChI=1S/C21H18N2O4S2/c24-21(22-25)20-12-16-8-9-17(13-19(16)28-20)23-29(26,27)11-10-15-6-3-5-14-4-1-2-7-18(14)15/h1-9,12-13,23,25H,10-11H2,(H,22,24). The van der Waals surface area contributed by atoms with Crippen LogP contribution in [0.3, 0.4) is 0 Å². The molecule has 3 aromatic carbocycles. The second-order valence-corrected chi connectivity index (χ2v) is 9.54. The Morgan fingerprint density at radius 1 is 0.966 bits per heavy atom. The van der Waals surface area contributed by atoms with E-state index in [-0.39, 0.29) is 5.75 Å². The smallest absolute Gasteiger partial charge is 0.284 e. The van der Waals surface area contributed by atoms with E-state index in [2.05, 4.69) is 4.72 Å². The maximum absolute atomic E-state index is 12.6. The number of anilines is 1. The minimum atomic E-state index is -3.55. The van der Waals surface area contributed by atoms with Gasteiger partial charge in [0, 0.05) is 10.4 Å². The third-order valence-electron chi connectivity index (χ3n) is 4.64. The molecule has 6 nitrogen and oxygen atoms in total. The van der Waals surface area contributed by atoms with Gasteiger partial charge in [0.05, 0.1) is 10.6 Å². The van der Waals surface area contributed by atoms with E-state index in [1.807, 2.05) is 42.5 Å². The summed E-state index contributed by atoms with van der Waals surface area (Å²) >= 11 is 1.17. The molecule has 0 saturated heterocycles. The fourth-order valence-corrected chi connectivity index (χ4v) is 5.32. The summed E-state index contributed by atoms with van der Waals surface area (Å²) in [5, 5.41) is 11.7. The van der Waals surface area contributed by atoms with E-state index in [0.29, 0.717) is 17.0 Å². The largest absolute Gasteiger partial charge is 0.288 e. The summed E-state index contributed by atoms with van der Waals surface area (Å²) in [7, 11) is -3.55. The molecule has 1 amide bonds. The van der Waals surface area contributed by atoms with Gasteiger partial charge in [0.2, 0.25) is 10.0 Å². The van der Waals surface area contributed by atoms with Crippen LogP contribution in [0.5, 0.6) is 0 Å². The van der Waals surface area contributed by atoms with Gasteiger partial charge >= 0.3 is 0 Å². The molecule has 0 aliphatic heterocycles. The fourth-order valence-electron chi connectivity index (χ4n) is 3.25. The molecule has 4 aromatic rings. The van der Waals surface area contributed by atoms with Crippen molar-refractivity contribution in [3.05, 3.63) is 77.2 Å². The molecule has 4 rings (SSSR count). The van der Waals surface area contributed by atoms with Gasteiger partial charge in [0.25, 0.3) is 5.91 Å². The third kappa shape index (κ3) is 4.24. The van der Waals surface area contributed by atoms with Crippen LogP contribution >= 0.6 is 11.3 Å². The highest BCUT2D eigenvalue weighted by molar-refractivity contribution is 7.92. The number of thiophene rings is 1. The summed E-state index contributed by atoms with van der Waals surface area (Å²) in [5.74, 6) is -0.634. The lowest BCUT2D eigenvalue weighted by atomic mass is 10.0. The number of benzene rings is 3. The van der Waals surface area contributed by atoms with Crippen molar-refractivity contribution in [2.75, 3.05) is 10.5 Å². The number of nitrogens with one attached hydrogen (secondary N) is 2. The number of hydrogen-bond donors (Lipinski definition) is 3. The molecule has 3 N–H and O–H groups in total. The molecule has 0 spiro atoms. The number of hydrogen-bond acceptors (Lipinski definition) is 5. The van der Waals surface area contributed by atoms with Crippen LogP contribution in [0.15, 0.2) is 66.7 Å². The predicted octanol–water partition coefficient (Wildman–Crippen LogP) is 4.16. The van der Waals surface area contributed by atoms with Crippen LogP contribution in [0.25, 0.3) is 20.9 Å². The Kier molecular flexibility index (Phi) is 5.23. The van der Waals surface area contributed by atoms with Crippen LogP contribution in [0.1, 0.15) is 15.2 Å². The van der Waals surface area contributed by atoms with Crippen molar-refractivity contribution in [1.29, 1.82) is 0 Å². The number of aryl methyl sites for hydroxylation is 1. The van der Waals surface area contributed by atoms with E-state index >= 15 is 0 Å². The Morgan fingerprint density at radius 2 is 1.76 bits per heavy atom. The number of sulfonamides is 1. The van der Waals surface area contributed by atoms with Crippen LogP contribution in [-0.4, -0.2) is 25.3 Å². The number of rotatable bonds is 6. The molecule has 1 heterocycles. The molecule has 0 bridgehead atoms. The molecule has 0 aliphatic carbocycles. The first-order valence-corrected chi connectivity index (χ1v) is 11.4. The zero-order valence-electron chi connectivity index (χ0n) is 15.3. The lowest BCUT2D eigenvalue weighted by Gasteiger charge is -2.10. The van der Waals surface area contributed by atoms with Gasteiger partial charge in [0.1, 0.15) is 0 Å². The zero-order valence-corrected chi connectivity index (χ0v) is 16.9. The minimum Gasteiger partial charge on any atom is -0.288 e. The van der Waals surface area contributed by atoms with E-state index in [4.69, 9.17) is 5.21 Å². The number of amides is 1. The maximum Gasteiger partial charge on any atom is 0.284 e. The first-order chi connectivity index (χ1) is 13.9. The third-order valence-corrected chi connectivity index (χ3v) is 7.02.